The highest BCUT2D eigenvalue weighted by Crippen LogP contribution is 2.24. The summed E-state index contributed by atoms with van der Waals surface area (Å²) in [5.74, 6) is -1.52. The van der Waals surface area contributed by atoms with Crippen molar-refractivity contribution in [2.75, 3.05) is 11.8 Å². The minimum absolute atomic E-state index is 0.0235. The second kappa shape index (κ2) is 6.39. The number of carboxylic acids is 1. The Balaban J connectivity index is 2.35. The highest BCUT2D eigenvalue weighted by atomic mass is 32.2. The van der Waals surface area contributed by atoms with Gasteiger partial charge in [-0.05, 0) is 30.7 Å². The van der Waals surface area contributed by atoms with E-state index in [1.807, 2.05) is 0 Å². The molecule has 1 aromatic carbocycles. The predicted octanol–water partition coefficient (Wildman–Crippen LogP) is 1.92. The van der Waals surface area contributed by atoms with Gasteiger partial charge in [0.2, 0.25) is 0 Å². The Bertz CT molecular complexity index is 871. The molecule has 3 N–H and O–H groups in total. The van der Waals surface area contributed by atoms with Crippen LogP contribution in [0.4, 0.5) is 5.69 Å². The first-order valence-corrected chi connectivity index (χ1v) is 8.78. The summed E-state index contributed by atoms with van der Waals surface area (Å²) in [6.07, 6.45) is 0. The number of nitrogens with one attached hydrogen (secondary N) is 2. The Morgan fingerprint density at radius 1 is 1.22 bits per heavy atom. The number of amides is 1. The summed E-state index contributed by atoms with van der Waals surface area (Å²) in [5.41, 5.74) is 0.739. The van der Waals surface area contributed by atoms with E-state index in [0.29, 0.717) is 5.56 Å². The normalized spacial score (nSPS) is 11.0. The number of anilines is 1. The summed E-state index contributed by atoms with van der Waals surface area (Å²) in [6.45, 7) is 1.66. The SMILES string of the molecule is CNC(=O)c1cc(S(=O)(=O)Nc2cc(C(=O)O)ccc2C)cs1. The summed E-state index contributed by atoms with van der Waals surface area (Å²) >= 11 is 1.01. The molecule has 0 radical (unpaired) electrons. The second-order valence-corrected chi connectivity index (χ2v) is 7.26. The van der Waals surface area contributed by atoms with Crippen LogP contribution >= 0.6 is 11.3 Å². The zero-order chi connectivity index (χ0) is 17.2. The Labute approximate surface area is 137 Å². The minimum Gasteiger partial charge on any atom is -0.478 e. The molecule has 1 amide bonds. The van der Waals surface area contributed by atoms with Gasteiger partial charge in [0.1, 0.15) is 0 Å². The quantitative estimate of drug-likeness (QED) is 0.759. The van der Waals surface area contributed by atoms with Crippen molar-refractivity contribution in [1.82, 2.24) is 5.32 Å². The van der Waals surface area contributed by atoms with Gasteiger partial charge in [-0.1, -0.05) is 6.07 Å². The molecule has 0 unspecified atom stereocenters. The van der Waals surface area contributed by atoms with Crippen molar-refractivity contribution in [1.29, 1.82) is 0 Å². The first-order valence-electron chi connectivity index (χ1n) is 6.42. The van der Waals surface area contributed by atoms with Gasteiger partial charge < -0.3 is 10.4 Å². The summed E-state index contributed by atoms with van der Waals surface area (Å²) in [5, 5.41) is 12.8. The number of hydrogen-bond donors (Lipinski definition) is 3. The molecule has 0 aliphatic carbocycles. The Kier molecular flexibility index (Phi) is 4.71. The largest absolute Gasteiger partial charge is 0.478 e. The molecule has 0 fully saturated rings. The topological polar surface area (TPSA) is 113 Å². The average Bonchev–Trinajstić information content (AvgIpc) is 2.99. The van der Waals surface area contributed by atoms with Crippen LogP contribution < -0.4 is 10.0 Å². The maximum absolute atomic E-state index is 12.4. The third kappa shape index (κ3) is 3.69. The molecule has 0 spiro atoms. The van der Waals surface area contributed by atoms with Crippen LogP contribution in [0.2, 0.25) is 0 Å². The van der Waals surface area contributed by atoms with Crippen LogP contribution in [0.15, 0.2) is 34.5 Å². The number of hydrogen-bond acceptors (Lipinski definition) is 5. The molecule has 122 valence electrons. The minimum atomic E-state index is -3.91. The zero-order valence-corrected chi connectivity index (χ0v) is 13.9. The van der Waals surface area contributed by atoms with Gasteiger partial charge in [0.05, 0.1) is 21.0 Å². The Morgan fingerprint density at radius 3 is 2.52 bits per heavy atom. The number of aryl methyl sites for hydroxylation is 1. The molecule has 0 saturated heterocycles. The fraction of sp³-hybridized carbons (Fsp3) is 0.143. The van der Waals surface area contributed by atoms with Gasteiger partial charge in [0.25, 0.3) is 15.9 Å². The molecule has 7 nitrogen and oxygen atoms in total. The second-order valence-electron chi connectivity index (χ2n) is 4.67. The number of carbonyl (C=O) groups is 2. The van der Waals surface area contributed by atoms with Crippen molar-refractivity contribution in [3.05, 3.63) is 45.6 Å². The highest BCUT2D eigenvalue weighted by molar-refractivity contribution is 7.92. The molecule has 0 aliphatic rings. The molecule has 9 heteroatoms. The summed E-state index contributed by atoms with van der Waals surface area (Å²) in [6, 6.07) is 5.43. The van der Waals surface area contributed by atoms with Crippen LogP contribution in [0.25, 0.3) is 0 Å². The number of aromatic carboxylic acids is 1. The van der Waals surface area contributed by atoms with E-state index in [-0.39, 0.29) is 26.9 Å². The molecule has 0 saturated carbocycles. The van der Waals surface area contributed by atoms with Gasteiger partial charge in [-0.15, -0.1) is 11.3 Å². The fourth-order valence-electron chi connectivity index (χ4n) is 1.77. The van der Waals surface area contributed by atoms with E-state index in [4.69, 9.17) is 5.11 Å². The maximum atomic E-state index is 12.4. The van der Waals surface area contributed by atoms with E-state index < -0.39 is 16.0 Å². The molecule has 1 aromatic heterocycles. The summed E-state index contributed by atoms with van der Waals surface area (Å²) < 4.78 is 27.1. The third-order valence-electron chi connectivity index (χ3n) is 3.07. The summed E-state index contributed by atoms with van der Waals surface area (Å²) in [7, 11) is -2.46. The van der Waals surface area contributed by atoms with E-state index in [1.165, 1.54) is 36.7 Å². The first kappa shape index (κ1) is 17.0. The number of sulfonamides is 1. The smallest absolute Gasteiger partial charge is 0.335 e. The van der Waals surface area contributed by atoms with E-state index in [0.717, 1.165) is 11.3 Å². The van der Waals surface area contributed by atoms with E-state index in [1.54, 1.807) is 6.92 Å². The molecule has 23 heavy (non-hydrogen) atoms. The molecular weight excluding hydrogens is 340 g/mol. The molecule has 0 bridgehead atoms. The Hall–Kier alpha value is -2.39. The van der Waals surface area contributed by atoms with Crippen molar-refractivity contribution in [3.8, 4) is 0 Å². The highest BCUT2D eigenvalue weighted by Gasteiger charge is 2.20. The lowest BCUT2D eigenvalue weighted by molar-refractivity contribution is 0.0696. The van der Waals surface area contributed by atoms with Crippen LogP contribution in [-0.4, -0.2) is 32.4 Å². The predicted molar refractivity (Wildman–Crippen MR) is 86.7 cm³/mol. The van der Waals surface area contributed by atoms with Gasteiger partial charge in [-0.3, -0.25) is 9.52 Å². The van der Waals surface area contributed by atoms with Crippen molar-refractivity contribution < 1.29 is 23.1 Å². The van der Waals surface area contributed by atoms with Gasteiger partial charge in [0.15, 0.2) is 0 Å². The van der Waals surface area contributed by atoms with E-state index in [9.17, 15) is 18.0 Å². The molecule has 0 atom stereocenters. The van der Waals surface area contributed by atoms with E-state index >= 15 is 0 Å². The first-order chi connectivity index (χ1) is 10.7. The number of rotatable bonds is 5. The molecule has 2 aromatic rings. The van der Waals surface area contributed by atoms with Crippen LogP contribution in [0.1, 0.15) is 25.6 Å². The van der Waals surface area contributed by atoms with Gasteiger partial charge >= 0.3 is 5.97 Å². The molecule has 2 rings (SSSR count). The van der Waals surface area contributed by atoms with Crippen molar-refractivity contribution in [2.24, 2.45) is 0 Å². The monoisotopic (exact) mass is 354 g/mol. The third-order valence-corrected chi connectivity index (χ3v) is 5.49. The molecule has 1 heterocycles. The van der Waals surface area contributed by atoms with Gasteiger partial charge in [-0.25, -0.2) is 13.2 Å². The van der Waals surface area contributed by atoms with Crippen LogP contribution in [-0.2, 0) is 10.0 Å². The lowest BCUT2D eigenvalue weighted by Crippen LogP contribution is -2.17. The molecule has 0 aliphatic heterocycles. The van der Waals surface area contributed by atoms with E-state index in [2.05, 4.69) is 10.0 Å². The lowest BCUT2D eigenvalue weighted by atomic mass is 10.1. The fourth-order valence-corrected chi connectivity index (χ4v) is 4.11. The van der Waals surface area contributed by atoms with Gasteiger partial charge in [-0.2, -0.15) is 0 Å². The zero-order valence-electron chi connectivity index (χ0n) is 12.3. The number of carbonyl (C=O) groups excluding carboxylic acids is 1. The standard InChI is InChI=1S/C14H14N2O5S2/c1-8-3-4-9(14(18)19)5-11(8)16-23(20,21)10-6-12(22-7-10)13(17)15-2/h3-7,16H,1-2H3,(H,15,17)(H,18,19). The van der Waals surface area contributed by atoms with Crippen molar-refractivity contribution in [2.45, 2.75) is 11.8 Å². The van der Waals surface area contributed by atoms with Gasteiger partial charge in [0, 0.05) is 12.4 Å². The van der Waals surface area contributed by atoms with Crippen molar-refractivity contribution >= 4 is 38.9 Å². The number of thiophene rings is 1. The molecular formula is C14H14N2O5S2. The van der Waals surface area contributed by atoms with Crippen LogP contribution in [0.3, 0.4) is 0 Å². The Morgan fingerprint density at radius 2 is 1.91 bits per heavy atom. The van der Waals surface area contributed by atoms with Crippen LogP contribution in [0, 0.1) is 6.92 Å². The summed E-state index contributed by atoms with van der Waals surface area (Å²) in [4.78, 5) is 22.7. The lowest BCUT2D eigenvalue weighted by Gasteiger charge is -2.10. The average molecular weight is 354 g/mol. The van der Waals surface area contributed by atoms with Crippen LogP contribution in [0.5, 0.6) is 0 Å². The van der Waals surface area contributed by atoms with Crippen molar-refractivity contribution in [3.63, 3.8) is 0 Å². The maximum Gasteiger partial charge on any atom is 0.335 e. The number of carboxylic acid groups (broad SMARTS) is 1. The number of benzene rings is 1.